The normalized spacial score (nSPS) is 11.8. The van der Waals surface area contributed by atoms with Gasteiger partial charge in [-0.3, -0.25) is 10.1 Å². The molecule has 1 amide bonds. The van der Waals surface area contributed by atoms with Gasteiger partial charge in [0.15, 0.2) is 11.2 Å². The molecule has 5 rings (SSSR count). The molecule has 0 saturated carbocycles. The Bertz CT molecular complexity index is 1490. The molecule has 0 spiro atoms. The molecule has 0 fully saturated rings. The van der Waals surface area contributed by atoms with Crippen molar-refractivity contribution >= 4 is 50.7 Å². The van der Waals surface area contributed by atoms with Crippen LogP contribution in [-0.4, -0.2) is 40.0 Å². The van der Waals surface area contributed by atoms with E-state index in [1.807, 2.05) is 47.2 Å². The Hall–Kier alpha value is -4.02. The molecule has 35 heavy (non-hydrogen) atoms. The van der Waals surface area contributed by atoms with Crippen LogP contribution in [0, 0.1) is 0 Å². The molecule has 0 aliphatic carbocycles. The zero-order chi connectivity index (χ0) is 24.4. The lowest BCUT2D eigenvalue weighted by Crippen LogP contribution is -2.29. The fourth-order valence-corrected chi connectivity index (χ4v) is 4.85. The second kappa shape index (κ2) is 9.69. The number of thiazole rings is 1. The van der Waals surface area contributed by atoms with Gasteiger partial charge in [-0.2, -0.15) is 0 Å². The number of aromatic nitrogens is 3. The van der Waals surface area contributed by atoms with Crippen LogP contribution in [0.2, 0.25) is 0 Å². The number of ether oxygens (including phenoxy) is 2. The molecule has 0 bridgehead atoms. The maximum atomic E-state index is 12.7. The molecule has 2 N–H and O–H groups in total. The lowest BCUT2D eigenvalue weighted by Gasteiger charge is -2.12. The molecule has 5 aromatic rings. The van der Waals surface area contributed by atoms with Crippen molar-refractivity contribution in [2.45, 2.75) is 13.0 Å². The number of esters is 1. The van der Waals surface area contributed by atoms with Gasteiger partial charge in [-0.25, -0.2) is 14.8 Å². The minimum absolute atomic E-state index is 0.316. The number of benzene rings is 2. The zero-order valence-electron chi connectivity index (χ0n) is 18.8. The summed E-state index contributed by atoms with van der Waals surface area (Å²) in [5.74, 6) is 0.376. The minimum atomic E-state index is -0.996. The number of imidazole rings is 1. The lowest BCUT2D eigenvalue weighted by atomic mass is 10.2. The highest BCUT2D eigenvalue weighted by molar-refractivity contribution is 7.16. The Labute approximate surface area is 208 Å². The molecule has 0 aliphatic rings. The highest BCUT2D eigenvalue weighted by Crippen LogP contribution is 2.28. The van der Waals surface area contributed by atoms with Gasteiger partial charge in [0.1, 0.15) is 11.6 Å². The molecule has 0 aliphatic heterocycles. The largest absolute Gasteiger partial charge is 0.497 e. The summed E-state index contributed by atoms with van der Waals surface area (Å²) >= 11 is 2.89. The molecule has 2 aromatic carbocycles. The predicted octanol–water partition coefficient (Wildman–Crippen LogP) is 5.61. The van der Waals surface area contributed by atoms with Crippen molar-refractivity contribution in [2.24, 2.45) is 0 Å². The number of rotatable bonds is 7. The molecule has 176 valence electrons. The van der Waals surface area contributed by atoms with Gasteiger partial charge >= 0.3 is 5.97 Å². The van der Waals surface area contributed by atoms with Gasteiger partial charge in [0.25, 0.3) is 5.91 Å². The summed E-state index contributed by atoms with van der Waals surface area (Å²) in [6, 6.07) is 16.4. The van der Waals surface area contributed by atoms with Crippen molar-refractivity contribution in [3.8, 4) is 27.7 Å². The van der Waals surface area contributed by atoms with E-state index >= 15 is 0 Å². The third kappa shape index (κ3) is 4.93. The van der Waals surface area contributed by atoms with Crippen molar-refractivity contribution in [1.82, 2.24) is 15.0 Å². The van der Waals surface area contributed by atoms with Gasteiger partial charge in [0.2, 0.25) is 0 Å². The van der Waals surface area contributed by atoms with E-state index in [0.29, 0.717) is 27.6 Å². The number of aromatic amines is 1. The Morgan fingerprint density at radius 1 is 1.06 bits per heavy atom. The van der Waals surface area contributed by atoms with Gasteiger partial charge in [0, 0.05) is 10.9 Å². The number of amides is 1. The second-order valence-electron chi connectivity index (χ2n) is 7.60. The third-order valence-corrected chi connectivity index (χ3v) is 6.89. The molecule has 0 radical (unpaired) electrons. The van der Waals surface area contributed by atoms with Crippen LogP contribution in [0.25, 0.3) is 33.0 Å². The van der Waals surface area contributed by atoms with Crippen LogP contribution in [0.5, 0.6) is 5.75 Å². The third-order valence-electron chi connectivity index (χ3n) is 5.24. The quantitative estimate of drug-likeness (QED) is 0.279. The first kappa shape index (κ1) is 22.8. The fourth-order valence-electron chi connectivity index (χ4n) is 3.38. The molecule has 3 aromatic heterocycles. The van der Waals surface area contributed by atoms with Crippen LogP contribution in [0.1, 0.15) is 17.3 Å². The lowest BCUT2D eigenvalue weighted by molar-refractivity contribution is -0.123. The number of anilines is 1. The van der Waals surface area contributed by atoms with Crippen molar-refractivity contribution in [1.29, 1.82) is 0 Å². The van der Waals surface area contributed by atoms with E-state index in [9.17, 15) is 9.59 Å². The van der Waals surface area contributed by atoms with Crippen LogP contribution in [0.4, 0.5) is 5.13 Å². The second-order valence-corrected chi connectivity index (χ2v) is 9.40. The van der Waals surface area contributed by atoms with Crippen LogP contribution in [0.3, 0.4) is 0 Å². The van der Waals surface area contributed by atoms with Gasteiger partial charge in [-0.1, -0.05) is 6.07 Å². The minimum Gasteiger partial charge on any atom is -0.497 e. The number of hydrogen-bond donors (Lipinski definition) is 2. The summed E-state index contributed by atoms with van der Waals surface area (Å²) in [6.07, 6.45) is -0.996. The van der Waals surface area contributed by atoms with Crippen molar-refractivity contribution in [2.75, 3.05) is 12.4 Å². The molecule has 1 atom stereocenters. The number of fused-ring (bicyclic) bond motifs is 1. The number of methoxy groups -OCH3 is 1. The van der Waals surface area contributed by atoms with Crippen LogP contribution in [-0.2, 0) is 9.53 Å². The summed E-state index contributed by atoms with van der Waals surface area (Å²) < 4.78 is 10.6. The highest BCUT2D eigenvalue weighted by Gasteiger charge is 2.21. The van der Waals surface area contributed by atoms with Crippen LogP contribution in [0.15, 0.2) is 65.4 Å². The fraction of sp³-hybridized carbons (Fsp3) is 0.120. The van der Waals surface area contributed by atoms with E-state index in [1.54, 1.807) is 36.6 Å². The van der Waals surface area contributed by atoms with Crippen molar-refractivity contribution < 1.29 is 19.1 Å². The Morgan fingerprint density at radius 3 is 2.63 bits per heavy atom. The molecule has 8 nitrogen and oxygen atoms in total. The molecular formula is C25H20N4O4S2. The molecule has 1 unspecified atom stereocenters. The number of H-pyrrole nitrogens is 1. The molecule has 10 heteroatoms. The summed E-state index contributed by atoms with van der Waals surface area (Å²) in [7, 11) is 1.61. The zero-order valence-corrected chi connectivity index (χ0v) is 20.4. The number of nitrogens with one attached hydrogen (secondary N) is 2. The van der Waals surface area contributed by atoms with Crippen molar-refractivity contribution in [3.63, 3.8) is 0 Å². The SMILES string of the molecule is COc1ccc(-c2nc3ccc(C(=O)OC(C)C(=O)Nc4nc(-c5cccs5)cs4)cc3[nH]2)cc1. The average molecular weight is 505 g/mol. The van der Waals surface area contributed by atoms with E-state index < -0.39 is 18.0 Å². The standard InChI is InChI=1S/C25H20N4O4S2/c1-14(23(30)29-25-28-20(13-35-25)21-4-3-11-34-21)33-24(31)16-7-10-18-19(12-16)27-22(26-18)15-5-8-17(32-2)9-6-15/h3-14H,1-2H3,(H,26,27)(H,28,29,30). The first-order valence-electron chi connectivity index (χ1n) is 10.7. The van der Waals surface area contributed by atoms with Crippen LogP contribution >= 0.6 is 22.7 Å². The Kier molecular flexibility index (Phi) is 6.30. The van der Waals surface area contributed by atoms with Gasteiger partial charge in [0.05, 0.1) is 34.3 Å². The maximum Gasteiger partial charge on any atom is 0.338 e. The topological polar surface area (TPSA) is 106 Å². The monoisotopic (exact) mass is 504 g/mol. The number of nitrogens with zero attached hydrogens (tertiary/aromatic N) is 2. The Balaban J connectivity index is 1.25. The van der Waals surface area contributed by atoms with Gasteiger partial charge < -0.3 is 14.5 Å². The van der Waals surface area contributed by atoms with E-state index in [0.717, 1.165) is 21.9 Å². The smallest absolute Gasteiger partial charge is 0.338 e. The van der Waals surface area contributed by atoms with Crippen molar-refractivity contribution in [3.05, 3.63) is 70.9 Å². The number of hydrogen-bond acceptors (Lipinski definition) is 8. The summed E-state index contributed by atoms with van der Waals surface area (Å²) in [5, 5.41) is 7.00. The maximum absolute atomic E-state index is 12.7. The summed E-state index contributed by atoms with van der Waals surface area (Å²) in [4.78, 5) is 38.5. The highest BCUT2D eigenvalue weighted by atomic mass is 32.1. The molecule has 0 saturated heterocycles. The predicted molar refractivity (Wildman–Crippen MR) is 137 cm³/mol. The Morgan fingerprint density at radius 2 is 1.89 bits per heavy atom. The number of carbonyl (C=O) groups excluding carboxylic acids is 2. The number of carbonyl (C=O) groups is 2. The van der Waals surface area contributed by atoms with E-state index in [1.165, 1.54) is 18.3 Å². The molecule has 3 heterocycles. The van der Waals surface area contributed by atoms with E-state index in [-0.39, 0.29) is 0 Å². The first-order valence-corrected chi connectivity index (χ1v) is 12.4. The average Bonchev–Trinajstić information content (AvgIpc) is 3.64. The molecular weight excluding hydrogens is 484 g/mol. The van der Waals surface area contributed by atoms with Crippen LogP contribution < -0.4 is 10.1 Å². The summed E-state index contributed by atoms with van der Waals surface area (Å²) in [5.41, 5.74) is 3.40. The van der Waals surface area contributed by atoms with E-state index in [4.69, 9.17) is 9.47 Å². The first-order chi connectivity index (χ1) is 17.0. The van der Waals surface area contributed by atoms with Gasteiger partial charge in [-0.15, -0.1) is 22.7 Å². The number of thiophene rings is 1. The summed E-state index contributed by atoms with van der Waals surface area (Å²) in [6.45, 7) is 1.53. The van der Waals surface area contributed by atoms with Gasteiger partial charge in [-0.05, 0) is 60.8 Å². The van der Waals surface area contributed by atoms with E-state index in [2.05, 4.69) is 20.3 Å².